The molecule has 0 saturated heterocycles. The summed E-state index contributed by atoms with van der Waals surface area (Å²) in [7, 11) is 0. The smallest absolute Gasteiger partial charge is 0.144 e. The zero-order valence-electron chi connectivity index (χ0n) is 9.78. The number of halogens is 2. The molecule has 0 aliphatic carbocycles. The van der Waals surface area contributed by atoms with Gasteiger partial charge in [-0.2, -0.15) is 0 Å². The minimum absolute atomic E-state index is 0.711. The molecule has 3 heteroatoms. The van der Waals surface area contributed by atoms with Gasteiger partial charge in [-0.1, -0.05) is 57.9 Å². The van der Waals surface area contributed by atoms with Crippen molar-refractivity contribution in [1.82, 2.24) is 0 Å². The van der Waals surface area contributed by atoms with Crippen LogP contribution in [-0.2, 0) is 0 Å². The van der Waals surface area contributed by atoms with Gasteiger partial charge < -0.3 is 4.42 Å². The SMILES string of the molecule is Clc1cccc2c(Br)cc3c4ccccc4oc3c12. The van der Waals surface area contributed by atoms with Gasteiger partial charge in [-0.15, -0.1) is 0 Å². The third-order valence-corrected chi connectivity index (χ3v) is 4.37. The Morgan fingerprint density at radius 1 is 0.895 bits per heavy atom. The lowest BCUT2D eigenvalue weighted by Crippen LogP contribution is -1.78. The number of fused-ring (bicyclic) bond motifs is 5. The lowest BCUT2D eigenvalue weighted by molar-refractivity contribution is 0.672. The van der Waals surface area contributed by atoms with E-state index in [-0.39, 0.29) is 0 Å². The Morgan fingerprint density at radius 2 is 1.68 bits per heavy atom. The maximum absolute atomic E-state index is 6.35. The zero-order valence-corrected chi connectivity index (χ0v) is 12.1. The number of benzene rings is 3. The average molecular weight is 332 g/mol. The molecule has 0 spiro atoms. The number of furan rings is 1. The standard InChI is InChI=1S/C16H8BrClO/c17-12-8-11-9-4-1-2-7-14(9)19-16(11)15-10(12)5-3-6-13(15)18/h1-8H. The topological polar surface area (TPSA) is 13.1 Å². The van der Waals surface area contributed by atoms with E-state index in [1.165, 1.54) is 0 Å². The van der Waals surface area contributed by atoms with E-state index >= 15 is 0 Å². The van der Waals surface area contributed by atoms with Crippen LogP contribution in [0.3, 0.4) is 0 Å². The van der Waals surface area contributed by atoms with Crippen molar-refractivity contribution in [3.8, 4) is 0 Å². The van der Waals surface area contributed by atoms with Crippen molar-refractivity contribution in [2.75, 3.05) is 0 Å². The maximum atomic E-state index is 6.35. The highest BCUT2D eigenvalue weighted by Gasteiger charge is 2.14. The third-order valence-electron chi connectivity index (χ3n) is 3.40. The Bertz CT molecular complexity index is 940. The van der Waals surface area contributed by atoms with Gasteiger partial charge in [-0.05, 0) is 18.2 Å². The molecule has 4 rings (SSSR count). The molecule has 0 amide bonds. The van der Waals surface area contributed by atoms with Crippen LogP contribution >= 0.6 is 27.5 Å². The van der Waals surface area contributed by atoms with Gasteiger partial charge in [-0.3, -0.25) is 0 Å². The van der Waals surface area contributed by atoms with Crippen LogP contribution in [0.4, 0.5) is 0 Å². The van der Waals surface area contributed by atoms with Gasteiger partial charge in [0.2, 0.25) is 0 Å². The molecule has 0 fully saturated rings. The molecule has 0 aliphatic rings. The van der Waals surface area contributed by atoms with Crippen molar-refractivity contribution in [3.05, 3.63) is 58.0 Å². The Labute approximate surface area is 122 Å². The van der Waals surface area contributed by atoms with Gasteiger partial charge in [0.25, 0.3) is 0 Å². The monoisotopic (exact) mass is 330 g/mol. The summed E-state index contributed by atoms with van der Waals surface area (Å²) in [6.07, 6.45) is 0. The average Bonchev–Trinajstić information content (AvgIpc) is 2.78. The number of hydrogen-bond acceptors (Lipinski definition) is 1. The van der Waals surface area contributed by atoms with Crippen LogP contribution in [0, 0.1) is 0 Å². The first-order valence-electron chi connectivity index (χ1n) is 5.93. The quantitative estimate of drug-likeness (QED) is 0.376. The van der Waals surface area contributed by atoms with Crippen LogP contribution in [0.15, 0.2) is 57.4 Å². The fraction of sp³-hybridized carbons (Fsp3) is 0. The first kappa shape index (κ1) is 11.3. The maximum Gasteiger partial charge on any atom is 0.144 e. The molecule has 4 aromatic rings. The van der Waals surface area contributed by atoms with Crippen LogP contribution in [0.25, 0.3) is 32.7 Å². The Hall–Kier alpha value is -1.51. The lowest BCUT2D eigenvalue weighted by Gasteiger charge is -2.03. The van der Waals surface area contributed by atoms with E-state index in [2.05, 4.69) is 28.1 Å². The van der Waals surface area contributed by atoms with Gasteiger partial charge in [0, 0.05) is 26.0 Å². The predicted octanol–water partition coefficient (Wildman–Crippen LogP) is 6.16. The first-order chi connectivity index (χ1) is 9.25. The molecule has 3 aromatic carbocycles. The molecular weight excluding hydrogens is 324 g/mol. The molecule has 0 radical (unpaired) electrons. The summed E-state index contributed by atoms with van der Waals surface area (Å²) in [5, 5.41) is 4.94. The van der Waals surface area contributed by atoms with Gasteiger partial charge >= 0.3 is 0 Å². The van der Waals surface area contributed by atoms with Crippen LogP contribution in [0.5, 0.6) is 0 Å². The van der Waals surface area contributed by atoms with Crippen molar-refractivity contribution < 1.29 is 4.42 Å². The normalized spacial score (nSPS) is 11.7. The second kappa shape index (κ2) is 3.99. The second-order valence-electron chi connectivity index (χ2n) is 4.50. The molecule has 1 heterocycles. The summed E-state index contributed by atoms with van der Waals surface area (Å²) in [4.78, 5) is 0. The van der Waals surface area contributed by atoms with Gasteiger partial charge in [0.1, 0.15) is 11.2 Å². The molecule has 92 valence electrons. The Balaban J connectivity index is 2.38. The molecule has 0 bridgehead atoms. The minimum atomic E-state index is 0.711. The van der Waals surface area contributed by atoms with E-state index in [0.29, 0.717) is 5.02 Å². The number of hydrogen-bond donors (Lipinski definition) is 0. The van der Waals surface area contributed by atoms with E-state index < -0.39 is 0 Å². The highest BCUT2D eigenvalue weighted by atomic mass is 79.9. The molecule has 0 atom stereocenters. The Morgan fingerprint density at radius 3 is 2.58 bits per heavy atom. The largest absolute Gasteiger partial charge is 0.455 e. The summed E-state index contributed by atoms with van der Waals surface area (Å²) in [6.45, 7) is 0. The van der Waals surface area contributed by atoms with Crippen LogP contribution in [0.2, 0.25) is 5.02 Å². The zero-order chi connectivity index (χ0) is 13.0. The van der Waals surface area contributed by atoms with E-state index in [0.717, 1.165) is 37.2 Å². The highest BCUT2D eigenvalue weighted by Crippen LogP contribution is 2.40. The van der Waals surface area contributed by atoms with Crippen LogP contribution in [-0.4, -0.2) is 0 Å². The summed E-state index contributed by atoms with van der Waals surface area (Å²) in [5.41, 5.74) is 1.74. The van der Waals surface area contributed by atoms with Crippen LogP contribution in [0.1, 0.15) is 0 Å². The highest BCUT2D eigenvalue weighted by molar-refractivity contribution is 9.10. The van der Waals surface area contributed by atoms with E-state index in [4.69, 9.17) is 16.0 Å². The van der Waals surface area contributed by atoms with Gasteiger partial charge in [-0.25, -0.2) is 0 Å². The molecule has 1 nitrogen and oxygen atoms in total. The minimum Gasteiger partial charge on any atom is -0.455 e. The van der Waals surface area contributed by atoms with Crippen molar-refractivity contribution in [3.63, 3.8) is 0 Å². The molecule has 19 heavy (non-hydrogen) atoms. The van der Waals surface area contributed by atoms with Crippen molar-refractivity contribution in [1.29, 1.82) is 0 Å². The number of rotatable bonds is 0. The first-order valence-corrected chi connectivity index (χ1v) is 7.11. The molecule has 0 unspecified atom stereocenters. The summed E-state index contributed by atoms with van der Waals surface area (Å²) in [6, 6.07) is 16.0. The molecule has 0 aliphatic heterocycles. The fourth-order valence-corrected chi connectivity index (χ4v) is 3.37. The predicted molar refractivity (Wildman–Crippen MR) is 83.9 cm³/mol. The fourth-order valence-electron chi connectivity index (χ4n) is 2.55. The van der Waals surface area contributed by atoms with Gasteiger partial charge in [0.15, 0.2) is 0 Å². The molecule has 0 saturated carbocycles. The summed E-state index contributed by atoms with van der Waals surface area (Å²) < 4.78 is 7.03. The third kappa shape index (κ3) is 1.54. The van der Waals surface area contributed by atoms with Crippen LogP contribution < -0.4 is 0 Å². The molecule has 0 N–H and O–H groups in total. The van der Waals surface area contributed by atoms with Crippen molar-refractivity contribution in [2.24, 2.45) is 0 Å². The molecule has 1 aromatic heterocycles. The van der Waals surface area contributed by atoms with E-state index in [9.17, 15) is 0 Å². The summed E-state index contributed by atoms with van der Waals surface area (Å²) >= 11 is 9.98. The second-order valence-corrected chi connectivity index (χ2v) is 5.76. The van der Waals surface area contributed by atoms with Crippen molar-refractivity contribution >= 4 is 60.2 Å². The van der Waals surface area contributed by atoms with E-state index in [1.807, 2.05) is 36.4 Å². The molecular formula is C16H8BrClO. The van der Waals surface area contributed by atoms with Gasteiger partial charge in [0.05, 0.1) is 5.02 Å². The number of para-hydroxylation sites is 1. The Kier molecular flexibility index (Phi) is 2.38. The lowest BCUT2D eigenvalue weighted by atomic mass is 10.1. The summed E-state index contributed by atoms with van der Waals surface area (Å²) in [5.74, 6) is 0. The van der Waals surface area contributed by atoms with Crippen molar-refractivity contribution in [2.45, 2.75) is 0 Å². The van der Waals surface area contributed by atoms with E-state index in [1.54, 1.807) is 0 Å².